The fourth-order valence-electron chi connectivity index (χ4n) is 0.639. The highest BCUT2D eigenvalue weighted by Gasteiger charge is 2.08. The zero-order valence-electron chi connectivity index (χ0n) is 5.85. The molecule has 0 atom stereocenters. The van der Waals surface area contributed by atoms with Crippen molar-refractivity contribution in [2.45, 2.75) is 6.54 Å². The highest BCUT2D eigenvalue weighted by atomic mass is 16.6. The summed E-state index contributed by atoms with van der Waals surface area (Å²) in [6.45, 7) is 0.00778. The van der Waals surface area contributed by atoms with Gasteiger partial charge in [0.05, 0.1) is 12.6 Å². The van der Waals surface area contributed by atoms with Crippen LogP contribution < -0.4 is 0 Å². The summed E-state index contributed by atoms with van der Waals surface area (Å²) in [6.07, 6.45) is 1.31. The molecule has 0 saturated carbocycles. The summed E-state index contributed by atoms with van der Waals surface area (Å²) in [5, 5.41) is 15.8. The molecule has 1 aromatic rings. The van der Waals surface area contributed by atoms with Crippen LogP contribution in [0.5, 0.6) is 0 Å². The monoisotopic (exact) mass is 168 g/mol. The lowest BCUT2D eigenvalue weighted by Gasteiger charge is -1.83. The van der Waals surface area contributed by atoms with Crippen LogP contribution >= 0.6 is 0 Å². The van der Waals surface area contributed by atoms with Crippen LogP contribution in [0.25, 0.3) is 0 Å². The molecule has 0 amide bonds. The van der Waals surface area contributed by atoms with Gasteiger partial charge in [-0.2, -0.15) is 4.99 Å². The summed E-state index contributed by atoms with van der Waals surface area (Å²) in [5.41, 5.74) is 0.338. The quantitative estimate of drug-likeness (QED) is 0.300. The maximum Gasteiger partial charge on any atom is 0.342 e. The Morgan fingerprint density at radius 3 is 3.08 bits per heavy atom. The van der Waals surface area contributed by atoms with E-state index in [0.29, 0.717) is 5.69 Å². The summed E-state index contributed by atoms with van der Waals surface area (Å²) in [4.78, 5) is 22.4. The molecule has 12 heavy (non-hydrogen) atoms. The molecule has 0 unspecified atom stereocenters. The molecule has 7 heteroatoms. The fraction of sp³-hybridized carbons (Fsp3) is 0.200. The number of aromatic amines is 1. The smallest absolute Gasteiger partial charge is 0.342 e. The average molecular weight is 168 g/mol. The van der Waals surface area contributed by atoms with Crippen molar-refractivity contribution >= 4 is 11.9 Å². The number of hydrogen-bond donors (Lipinski definition) is 1. The molecule has 0 aliphatic rings. The average Bonchev–Trinajstić information content (AvgIpc) is 2.48. The van der Waals surface area contributed by atoms with Crippen molar-refractivity contribution in [1.82, 2.24) is 10.2 Å². The van der Waals surface area contributed by atoms with Crippen LogP contribution in [0.4, 0.5) is 5.82 Å². The molecule has 62 valence electrons. The van der Waals surface area contributed by atoms with E-state index in [1.54, 1.807) is 0 Å². The van der Waals surface area contributed by atoms with Crippen molar-refractivity contribution in [3.05, 3.63) is 21.9 Å². The van der Waals surface area contributed by atoms with Gasteiger partial charge in [-0.1, -0.05) is 5.10 Å². The summed E-state index contributed by atoms with van der Waals surface area (Å²) in [5.74, 6) is -0.217. The lowest BCUT2D eigenvalue weighted by Crippen LogP contribution is -1.86. The molecule has 0 saturated heterocycles. The van der Waals surface area contributed by atoms with Crippen LogP contribution in [0, 0.1) is 10.1 Å². The Kier molecular flexibility index (Phi) is 2.29. The van der Waals surface area contributed by atoms with Gasteiger partial charge in [0.15, 0.2) is 0 Å². The van der Waals surface area contributed by atoms with E-state index in [-0.39, 0.29) is 12.4 Å². The van der Waals surface area contributed by atoms with E-state index in [9.17, 15) is 14.9 Å². The molecule has 1 aromatic heterocycles. The predicted molar refractivity (Wildman–Crippen MR) is 37.1 cm³/mol. The zero-order valence-corrected chi connectivity index (χ0v) is 5.85. The summed E-state index contributed by atoms with van der Waals surface area (Å²) in [7, 11) is 0. The van der Waals surface area contributed by atoms with Gasteiger partial charge in [0.1, 0.15) is 5.69 Å². The second-order valence-corrected chi connectivity index (χ2v) is 1.91. The van der Waals surface area contributed by atoms with Gasteiger partial charge in [0.2, 0.25) is 6.08 Å². The Balaban J connectivity index is 2.77. The van der Waals surface area contributed by atoms with Crippen molar-refractivity contribution < 1.29 is 9.72 Å². The molecule has 7 nitrogen and oxygen atoms in total. The standard InChI is InChI=1S/C5H4N4O3/c10-3-6-2-4-1-5(8-7-4)9(11)12/h1H,2H2,(H,7,8). The van der Waals surface area contributed by atoms with Crippen LogP contribution in [-0.4, -0.2) is 21.2 Å². The maximum atomic E-state index is 10.1. The molecule has 1 heterocycles. The molecule has 0 aromatic carbocycles. The van der Waals surface area contributed by atoms with Gasteiger partial charge in [0, 0.05) is 0 Å². The van der Waals surface area contributed by atoms with E-state index >= 15 is 0 Å². The van der Waals surface area contributed by atoms with Crippen LogP contribution in [-0.2, 0) is 11.3 Å². The van der Waals surface area contributed by atoms with Crippen LogP contribution in [0.2, 0.25) is 0 Å². The molecule has 0 aliphatic heterocycles. The van der Waals surface area contributed by atoms with Gasteiger partial charge < -0.3 is 10.1 Å². The van der Waals surface area contributed by atoms with Crippen LogP contribution in [0.1, 0.15) is 5.69 Å². The van der Waals surface area contributed by atoms with Crippen LogP contribution in [0.3, 0.4) is 0 Å². The van der Waals surface area contributed by atoms with E-state index < -0.39 is 4.92 Å². The minimum Gasteiger partial charge on any atom is -0.358 e. The van der Waals surface area contributed by atoms with Gasteiger partial charge in [-0.15, -0.1) is 5.10 Å². The van der Waals surface area contributed by atoms with Gasteiger partial charge in [-0.05, 0) is 4.92 Å². The number of isocyanates is 1. The number of nitrogens with zero attached hydrogens (tertiary/aromatic N) is 3. The normalized spacial score (nSPS) is 9.00. The Morgan fingerprint density at radius 2 is 2.58 bits per heavy atom. The zero-order chi connectivity index (χ0) is 8.97. The first-order valence-corrected chi connectivity index (χ1v) is 2.96. The second-order valence-electron chi connectivity index (χ2n) is 1.91. The summed E-state index contributed by atoms with van der Waals surface area (Å²) >= 11 is 0. The number of aliphatic imine (C=N–C) groups is 1. The largest absolute Gasteiger partial charge is 0.358 e. The number of nitro groups is 1. The van der Waals surface area contributed by atoms with Crippen molar-refractivity contribution in [2.24, 2.45) is 4.99 Å². The minimum atomic E-state index is -0.610. The third kappa shape index (κ3) is 1.74. The molecular formula is C5H4N4O3. The lowest BCUT2D eigenvalue weighted by molar-refractivity contribution is -0.389. The second kappa shape index (κ2) is 3.40. The molecule has 0 fully saturated rings. The van der Waals surface area contributed by atoms with E-state index in [1.165, 1.54) is 12.1 Å². The minimum absolute atomic E-state index is 0.00778. The van der Waals surface area contributed by atoms with E-state index in [2.05, 4.69) is 15.2 Å². The fourth-order valence-corrected chi connectivity index (χ4v) is 0.639. The van der Waals surface area contributed by atoms with Gasteiger partial charge in [-0.3, -0.25) is 0 Å². The van der Waals surface area contributed by atoms with Gasteiger partial charge >= 0.3 is 5.82 Å². The third-order valence-electron chi connectivity index (χ3n) is 1.12. The lowest BCUT2D eigenvalue weighted by atomic mass is 10.4. The Morgan fingerprint density at radius 1 is 1.83 bits per heavy atom. The van der Waals surface area contributed by atoms with Crippen molar-refractivity contribution in [3.63, 3.8) is 0 Å². The van der Waals surface area contributed by atoms with E-state index in [4.69, 9.17) is 0 Å². The molecule has 0 spiro atoms. The number of carbonyl (C=O) groups excluding carboxylic acids is 1. The maximum absolute atomic E-state index is 10.1. The Hall–Kier alpha value is -2.01. The first-order chi connectivity index (χ1) is 5.74. The predicted octanol–water partition coefficient (Wildman–Crippen LogP) is 0.154. The molecular weight excluding hydrogens is 164 g/mol. The first-order valence-electron chi connectivity index (χ1n) is 2.96. The van der Waals surface area contributed by atoms with Crippen molar-refractivity contribution in [3.8, 4) is 0 Å². The number of aromatic nitrogens is 2. The highest BCUT2D eigenvalue weighted by Crippen LogP contribution is 2.07. The molecule has 0 aliphatic carbocycles. The first kappa shape index (κ1) is 8.09. The number of hydrogen-bond acceptors (Lipinski definition) is 5. The van der Waals surface area contributed by atoms with Gasteiger partial charge in [-0.25, -0.2) is 4.79 Å². The Bertz CT molecular complexity index is 338. The topological polar surface area (TPSA) is 101 Å². The molecule has 0 bridgehead atoms. The summed E-state index contributed by atoms with van der Waals surface area (Å²) in [6, 6.07) is 1.21. The van der Waals surface area contributed by atoms with Crippen LogP contribution in [0.15, 0.2) is 11.1 Å². The third-order valence-corrected chi connectivity index (χ3v) is 1.12. The molecule has 0 radical (unpaired) electrons. The van der Waals surface area contributed by atoms with E-state index in [1.807, 2.05) is 0 Å². The SMILES string of the molecule is O=C=NCc1cc([N+](=O)[O-])[nH]n1. The molecule has 1 N–H and O–H groups in total. The number of nitrogens with one attached hydrogen (secondary N) is 1. The summed E-state index contributed by atoms with van der Waals surface area (Å²) < 4.78 is 0. The van der Waals surface area contributed by atoms with Crippen molar-refractivity contribution in [2.75, 3.05) is 0 Å². The van der Waals surface area contributed by atoms with Crippen molar-refractivity contribution in [1.29, 1.82) is 0 Å². The molecule has 1 rings (SSSR count). The highest BCUT2D eigenvalue weighted by molar-refractivity contribution is 5.33. The van der Waals surface area contributed by atoms with E-state index in [0.717, 1.165) is 0 Å². The Labute approximate surface area is 66.3 Å². The van der Waals surface area contributed by atoms with Gasteiger partial charge in [0.25, 0.3) is 0 Å². The number of rotatable bonds is 3. The number of H-pyrrole nitrogens is 1.